The van der Waals surface area contributed by atoms with Crippen molar-refractivity contribution in [3.05, 3.63) is 64.1 Å². The van der Waals surface area contributed by atoms with E-state index in [2.05, 4.69) is 15.9 Å². The molecular formula is C19H20BrNO3. The summed E-state index contributed by atoms with van der Waals surface area (Å²) in [5.41, 5.74) is 1.89. The van der Waals surface area contributed by atoms with Crippen LogP contribution in [0.5, 0.6) is 11.5 Å². The molecule has 0 N–H and O–H groups in total. The van der Waals surface area contributed by atoms with Crippen molar-refractivity contribution in [1.82, 2.24) is 4.90 Å². The Labute approximate surface area is 150 Å². The first-order valence-corrected chi connectivity index (χ1v) is 8.22. The van der Waals surface area contributed by atoms with E-state index in [4.69, 9.17) is 9.47 Å². The van der Waals surface area contributed by atoms with Gasteiger partial charge in [0.1, 0.15) is 11.5 Å². The van der Waals surface area contributed by atoms with Gasteiger partial charge < -0.3 is 14.4 Å². The minimum atomic E-state index is -0.0761. The summed E-state index contributed by atoms with van der Waals surface area (Å²) in [4.78, 5) is 13.9. The van der Waals surface area contributed by atoms with Crippen LogP contribution in [-0.2, 0) is 11.3 Å². The number of methoxy groups -OCH3 is 2. The largest absolute Gasteiger partial charge is 0.497 e. The Morgan fingerprint density at radius 3 is 2.46 bits per heavy atom. The van der Waals surface area contributed by atoms with Crippen molar-refractivity contribution in [1.29, 1.82) is 0 Å². The second-order valence-electron chi connectivity index (χ2n) is 5.26. The molecule has 0 heterocycles. The minimum Gasteiger partial charge on any atom is -0.497 e. The molecule has 4 nitrogen and oxygen atoms in total. The fraction of sp³-hybridized carbons (Fsp3) is 0.211. The molecule has 0 saturated heterocycles. The number of likely N-dealkylation sites (N-methyl/N-ethyl adjacent to an activating group) is 1. The molecular weight excluding hydrogens is 370 g/mol. The summed E-state index contributed by atoms with van der Waals surface area (Å²) >= 11 is 3.42. The summed E-state index contributed by atoms with van der Waals surface area (Å²) in [7, 11) is 5.01. The molecule has 24 heavy (non-hydrogen) atoms. The molecule has 0 spiro atoms. The van der Waals surface area contributed by atoms with Crippen molar-refractivity contribution in [2.75, 3.05) is 21.3 Å². The van der Waals surface area contributed by atoms with Crippen molar-refractivity contribution in [2.24, 2.45) is 0 Å². The lowest BCUT2D eigenvalue weighted by atomic mass is 10.1. The van der Waals surface area contributed by atoms with E-state index in [0.29, 0.717) is 6.54 Å². The van der Waals surface area contributed by atoms with E-state index < -0.39 is 0 Å². The van der Waals surface area contributed by atoms with Crippen LogP contribution in [0, 0.1) is 0 Å². The Bertz CT molecular complexity index is 726. The highest BCUT2D eigenvalue weighted by Crippen LogP contribution is 2.24. The number of ether oxygens (including phenoxy) is 2. The molecule has 0 fully saturated rings. The third kappa shape index (κ3) is 4.86. The first kappa shape index (κ1) is 18.1. The smallest absolute Gasteiger partial charge is 0.246 e. The second kappa shape index (κ2) is 8.55. The number of halogens is 1. The predicted molar refractivity (Wildman–Crippen MR) is 99.2 cm³/mol. The van der Waals surface area contributed by atoms with E-state index in [1.165, 1.54) is 0 Å². The highest BCUT2D eigenvalue weighted by Gasteiger charge is 2.07. The van der Waals surface area contributed by atoms with Crippen LogP contribution < -0.4 is 9.47 Å². The van der Waals surface area contributed by atoms with Crippen molar-refractivity contribution in [2.45, 2.75) is 6.54 Å². The van der Waals surface area contributed by atoms with E-state index >= 15 is 0 Å². The normalized spacial score (nSPS) is 10.7. The fourth-order valence-electron chi connectivity index (χ4n) is 2.21. The van der Waals surface area contributed by atoms with Gasteiger partial charge in [0, 0.05) is 29.7 Å². The van der Waals surface area contributed by atoms with E-state index in [9.17, 15) is 4.79 Å². The molecule has 0 saturated carbocycles. The molecule has 2 rings (SSSR count). The zero-order valence-corrected chi connectivity index (χ0v) is 15.5. The van der Waals surface area contributed by atoms with E-state index in [-0.39, 0.29) is 5.91 Å². The maximum absolute atomic E-state index is 12.3. The number of hydrogen-bond acceptors (Lipinski definition) is 3. The van der Waals surface area contributed by atoms with Crippen LogP contribution in [0.4, 0.5) is 0 Å². The molecule has 0 aliphatic carbocycles. The van der Waals surface area contributed by atoms with Gasteiger partial charge in [0.25, 0.3) is 0 Å². The fourth-order valence-corrected chi connectivity index (χ4v) is 2.59. The summed E-state index contributed by atoms with van der Waals surface area (Å²) < 4.78 is 11.4. The summed E-state index contributed by atoms with van der Waals surface area (Å²) in [6.45, 7) is 0.531. The Balaban J connectivity index is 2.04. The molecule has 0 bridgehead atoms. The summed E-state index contributed by atoms with van der Waals surface area (Å²) in [6.07, 6.45) is 3.31. The first-order valence-electron chi connectivity index (χ1n) is 7.43. The Morgan fingerprint density at radius 1 is 1.12 bits per heavy atom. The van der Waals surface area contributed by atoms with Gasteiger partial charge in [-0.15, -0.1) is 0 Å². The van der Waals surface area contributed by atoms with Gasteiger partial charge in [-0.25, -0.2) is 0 Å². The van der Waals surface area contributed by atoms with Gasteiger partial charge in [-0.3, -0.25) is 4.79 Å². The van der Waals surface area contributed by atoms with E-state index in [1.807, 2.05) is 42.5 Å². The number of nitrogens with zero attached hydrogens (tertiary/aromatic N) is 1. The van der Waals surface area contributed by atoms with Crippen molar-refractivity contribution in [3.8, 4) is 11.5 Å². The maximum atomic E-state index is 12.3. The SMILES string of the molecule is COc1ccc(CN(C)C(=O)/C=C/c2cc(Br)ccc2OC)cc1. The Morgan fingerprint density at radius 2 is 1.83 bits per heavy atom. The van der Waals surface area contributed by atoms with Gasteiger partial charge in [-0.05, 0) is 42.0 Å². The van der Waals surface area contributed by atoms with Gasteiger partial charge in [0.15, 0.2) is 0 Å². The van der Waals surface area contributed by atoms with Gasteiger partial charge in [-0.2, -0.15) is 0 Å². The van der Waals surface area contributed by atoms with Gasteiger partial charge >= 0.3 is 0 Å². The molecule has 5 heteroatoms. The standard InChI is InChI=1S/C19H20BrNO3/c1-21(13-14-4-8-17(23-2)9-5-14)19(22)11-6-15-12-16(20)7-10-18(15)24-3/h4-12H,13H2,1-3H3/b11-6+. The van der Waals surface area contributed by atoms with Crippen LogP contribution >= 0.6 is 15.9 Å². The minimum absolute atomic E-state index is 0.0761. The molecule has 2 aromatic carbocycles. The number of benzene rings is 2. The highest BCUT2D eigenvalue weighted by molar-refractivity contribution is 9.10. The third-order valence-corrected chi connectivity index (χ3v) is 4.05. The molecule has 0 radical (unpaired) electrons. The third-order valence-electron chi connectivity index (χ3n) is 3.55. The van der Waals surface area contributed by atoms with Crippen molar-refractivity contribution >= 4 is 27.9 Å². The van der Waals surface area contributed by atoms with Crippen LogP contribution in [0.3, 0.4) is 0 Å². The number of hydrogen-bond donors (Lipinski definition) is 0. The lowest BCUT2D eigenvalue weighted by Crippen LogP contribution is -2.24. The number of amides is 1. The van der Waals surface area contributed by atoms with E-state index in [0.717, 1.165) is 27.1 Å². The lowest BCUT2D eigenvalue weighted by molar-refractivity contribution is -0.125. The van der Waals surface area contributed by atoms with Crippen LogP contribution in [0.25, 0.3) is 6.08 Å². The average molecular weight is 390 g/mol. The van der Waals surface area contributed by atoms with Crippen LogP contribution in [0.1, 0.15) is 11.1 Å². The van der Waals surface area contributed by atoms with Gasteiger partial charge in [0.05, 0.1) is 14.2 Å². The predicted octanol–water partition coefficient (Wildman–Crippen LogP) is 4.14. The molecule has 0 aliphatic rings. The monoisotopic (exact) mass is 389 g/mol. The quantitative estimate of drug-likeness (QED) is 0.696. The van der Waals surface area contributed by atoms with Crippen molar-refractivity contribution < 1.29 is 14.3 Å². The van der Waals surface area contributed by atoms with Gasteiger partial charge in [-0.1, -0.05) is 28.1 Å². The summed E-state index contributed by atoms with van der Waals surface area (Å²) in [5, 5.41) is 0. The van der Waals surface area contributed by atoms with Crippen LogP contribution in [-0.4, -0.2) is 32.1 Å². The number of carbonyl (C=O) groups is 1. The second-order valence-corrected chi connectivity index (χ2v) is 6.18. The molecule has 0 aromatic heterocycles. The molecule has 0 atom stereocenters. The first-order chi connectivity index (χ1) is 11.5. The number of carbonyl (C=O) groups excluding carboxylic acids is 1. The van der Waals surface area contributed by atoms with E-state index in [1.54, 1.807) is 38.3 Å². The zero-order valence-electron chi connectivity index (χ0n) is 14.0. The van der Waals surface area contributed by atoms with Crippen molar-refractivity contribution in [3.63, 3.8) is 0 Å². The molecule has 2 aromatic rings. The molecule has 126 valence electrons. The zero-order chi connectivity index (χ0) is 17.5. The number of rotatable bonds is 6. The molecule has 0 aliphatic heterocycles. The Hall–Kier alpha value is -2.27. The average Bonchev–Trinajstić information content (AvgIpc) is 2.60. The maximum Gasteiger partial charge on any atom is 0.246 e. The molecule has 0 unspecified atom stereocenters. The summed E-state index contributed by atoms with van der Waals surface area (Å²) in [5.74, 6) is 1.45. The molecule has 1 amide bonds. The van der Waals surface area contributed by atoms with Gasteiger partial charge in [0.2, 0.25) is 5.91 Å². The lowest BCUT2D eigenvalue weighted by Gasteiger charge is -2.15. The highest BCUT2D eigenvalue weighted by atomic mass is 79.9. The Kier molecular flexibility index (Phi) is 6.44. The van der Waals surface area contributed by atoms with Crippen LogP contribution in [0.2, 0.25) is 0 Å². The summed E-state index contributed by atoms with van der Waals surface area (Å²) in [6, 6.07) is 13.3. The topological polar surface area (TPSA) is 38.8 Å². The van der Waals surface area contributed by atoms with Crippen LogP contribution in [0.15, 0.2) is 53.0 Å².